The van der Waals surface area contributed by atoms with Crippen LogP contribution in [0.5, 0.6) is 0 Å². The summed E-state index contributed by atoms with van der Waals surface area (Å²) >= 11 is 0. The zero-order valence-corrected chi connectivity index (χ0v) is 10.9. The fourth-order valence-electron chi connectivity index (χ4n) is 2.71. The van der Waals surface area contributed by atoms with Crippen molar-refractivity contribution in [2.75, 3.05) is 32.8 Å². The van der Waals surface area contributed by atoms with Gasteiger partial charge in [-0.2, -0.15) is 0 Å². The van der Waals surface area contributed by atoms with Crippen LogP contribution in [0.25, 0.3) is 10.9 Å². The van der Waals surface area contributed by atoms with Gasteiger partial charge < -0.3 is 9.30 Å². The molecular weight excluding hydrogens is 224 g/mol. The Labute approximate surface area is 108 Å². The molecule has 1 aliphatic heterocycles. The van der Waals surface area contributed by atoms with Crippen molar-refractivity contribution in [3.05, 3.63) is 36.0 Å². The SMILES string of the molecule is Cc1cccc2ccn(CCN3CCOCC3)c12. The summed E-state index contributed by atoms with van der Waals surface area (Å²) in [5.41, 5.74) is 2.74. The molecule has 0 amide bonds. The molecule has 1 aromatic heterocycles. The number of benzene rings is 1. The molecule has 0 atom stereocenters. The minimum absolute atomic E-state index is 0.880. The van der Waals surface area contributed by atoms with Gasteiger partial charge >= 0.3 is 0 Å². The van der Waals surface area contributed by atoms with Crippen molar-refractivity contribution >= 4 is 10.9 Å². The van der Waals surface area contributed by atoms with Crippen LogP contribution in [0.2, 0.25) is 0 Å². The first-order chi connectivity index (χ1) is 8.84. The number of nitrogens with zero attached hydrogens (tertiary/aromatic N) is 2. The van der Waals surface area contributed by atoms with E-state index < -0.39 is 0 Å². The van der Waals surface area contributed by atoms with Gasteiger partial charge in [-0.3, -0.25) is 4.90 Å². The maximum Gasteiger partial charge on any atom is 0.0594 e. The zero-order chi connectivity index (χ0) is 12.4. The maximum atomic E-state index is 5.38. The number of fused-ring (bicyclic) bond motifs is 1. The summed E-state index contributed by atoms with van der Waals surface area (Å²) in [4.78, 5) is 2.48. The number of aryl methyl sites for hydroxylation is 1. The Hall–Kier alpha value is -1.32. The van der Waals surface area contributed by atoms with Crippen molar-refractivity contribution in [3.8, 4) is 0 Å². The quantitative estimate of drug-likeness (QED) is 0.824. The van der Waals surface area contributed by atoms with Crippen molar-refractivity contribution in [1.82, 2.24) is 9.47 Å². The van der Waals surface area contributed by atoms with E-state index in [0.717, 1.165) is 39.4 Å². The van der Waals surface area contributed by atoms with Gasteiger partial charge in [-0.1, -0.05) is 18.2 Å². The Balaban J connectivity index is 1.74. The monoisotopic (exact) mass is 244 g/mol. The molecule has 0 aliphatic carbocycles. The van der Waals surface area contributed by atoms with Crippen LogP contribution in [-0.4, -0.2) is 42.3 Å². The molecule has 1 aromatic carbocycles. The highest BCUT2D eigenvalue weighted by Gasteiger charge is 2.10. The average Bonchev–Trinajstić information content (AvgIpc) is 2.82. The lowest BCUT2D eigenvalue weighted by atomic mass is 10.2. The lowest BCUT2D eigenvalue weighted by Gasteiger charge is -2.26. The second kappa shape index (κ2) is 5.12. The van der Waals surface area contributed by atoms with Gasteiger partial charge in [0.15, 0.2) is 0 Å². The molecular formula is C15H20N2O. The van der Waals surface area contributed by atoms with E-state index in [2.05, 4.69) is 46.9 Å². The summed E-state index contributed by atoms with van der Waals surface area (Å²) < 4.78 is 7.75. The minimum atomic E-state index is 0.880. The first-order valence-corrected chi connectivity index (χ1v) is 6.69. The van der Waals surface area contributed by atoms with Crippen LogP contribution in [0, 0.1) is 6.92 Å². The topological polar surface area (TPSA) is 17.4 Å². The highest BCUT2D eigenvalue weighted by Crippen LogP contribution is 2.19. The number of para-hydroxylation sites is 1. The normalized spacial score (nSPS) is 17.4. The largest absolute Gasteiger partial charge is 0.379 e. The van der Waals surface area contributed by atoms with Crippen LogP contribution in [0.15, 0.2) is 30.5 Å². The zero-order valence-electron chi connectivity index (χ0n) is 10.9. The molecule has 0 unspecified atom stereocenters. The van der Waals surface area contributed by atoms with Crippen LogP contribution < -0.4 is 0 Å². The second-order valence-electron chi connectivity index (χ2n) is 4.98. The molecule has 96 valence electrons. The van der Waals surface area contributed by atoms with E-state index in [-0.39, 0.29) is 0 Å². The molecule has 18 heavy (non-hydrogen) atoms. The summed E-state index contributed by atoms with van der Waals surface area (Å²) in [6.07, 6.45) is 2.21. The summed E-state index contributed by atoms with van der Waals surface area (Å²) in [5.74, 6) is 0. The molecule has 1 fully saturated rings. The Bertz CT molecular complexity index is 526. The third kappa shape index (κ3) is 2.28. The molecule has 0 saturated carbocycles. The van der Waals surface area contributed by atoms with E-state index in [0.29, 0.717) is 0 Å². The molecule has 1 aliphatic rings. The first-order valence-electron chi connectivity index (χ1n) is 6.69. The molecule has 0 N–H and O–H groups in total. The van der Waals surface area contributed by atoms with Gasteiger partial charge in [0.2, 0.25) is 0 Å². The summed E-state index contributed by atoms with van der Waals surface area (Å²) in [7, 11) is 0. The van der Waals surface area contributed by atoms with Gasteiger partial charge in [0, 0.05) is 32.4 Å². The van der Waals surface area contributed by atoms with Gasteiger partial charge in [0.1, 0.15) is 0 Å². The van der Waals surface area contributed by atoms with E-state index in [9.17, 15) is 0 Å². The molecule has 0 radical (unpaired) electrons. The number of ether oxygens (including phenoxy) is 1. The average molecular weight is 244 g/mol. The lowest BCUT2D eigenvalue weighted by Crippen LogP contribution is -2.38. The predicted octanol–water partition coefficient (Wildman–Crippen LogP) is 2.28. The molecule has 3 rings (SSSR count). The standard InChI is InChI=1S/C15H20N2O/c1-13-3-2-4-14-5-6-17(15(13)14)8-7-16-9-11-18-12-10-16/h2-6H,7-12H2,1H3. The fraction of sp³-hybridized carbons (Fsp3) is 0.467. The number of morpholine rings is 1. The van der Waals surface area contributed by atoms with Crippen LogP contribution in [-0.2, 0) is 11.3 Å². The molecule has 2 heterocycles. The highest BCUT2D eigenvalue weighted by molar-refractivity contribution is 5.83. The van der Waals surface area contributed by atoms with Crippen LogP contribution in [0.1, 0.15) is 5.56 Å². The van der Waals surface area contributed by atoms with Gasteiger partial charge in [-0.05, 0) is 23.9 Å². The third-order valence-corrected chi connectivity index (χ3v) is 3.75. The summed E-state index contributed by atoms with van der Waals surface area (Å²) in [6.45, 7) is 8.26. The second-order valence-corrected chi connectivity index (χ2v) is 4.98. The molecule has 0 bridgehead atoms. The third-order valence-electron chi connectivity index (χ3n) is 3.75. The lowest BCUT2D eigenvalue weighted by molar-refractivity contribution is 0.0365. The Morgan fingerprint density at radius 3 is 2.78 bits per heavy atom. The van der Waals surface area contributed by atoms with Crippen LogP contribution >= 0.6 is 0 Å². The van der Waals surface area contributed by atoms with E-state index in [1.54, 1.807) is 0 Å². The van der Waals surface area contributed by atoms with Crippen molar-refractivity contribution in [1.29, 1.82) is 0 Å². The van der Waals surface area contributed by atoms with Gasteiger partial charge in [0.25, 0.3) is 0 Å². The number of rotatable bonds is 3. The number of aromatic nitrogens is 1. The number of hydrogen-bond donors (Lipinski definition) is 0. The van der Waals surface area contributed by atoms with Gasteiger partial charge in [0.05, 0.1) is 18.7 Å². The van der Waals surface area contributed by atoms with Crippen molar-refractivity contribution in [2.24, 2.45) is 0 Å². The van der Waals surface area contributed by atoms with Gasteiger partial charge in [-0.15, -0.1) is 0 Å². The van der Waals surface area contributed by atoms with Crippen molar-refractivity contribution in [2.45, 2.75) is 13.5 Å². The smallest absolute Gasteiger partial charge is 0.0594 e. The Morgan fingerprint density at radius 1 is 1.11 bits per heavy atom. The molecule has 3 nitrogen and oxygen atoms in total. The molecule has 2 aromatic rings. The van der Waals surface area contributed by atoms with E-state index >= 15 is 0 Å². The maximum absolute atomic E-state index is 5.38. The predicted molar refractivity (Wildman–Crippen MR) is 73.9 cm³/mol. The fourth-order valence-corrected chi connectivity index (χ4v) is 2.71. The van der Waals surface area contributed by atoms with E-state index in [1.807, 2.05) is 0 Å². The van der Waals surface area contributed by atoms with Crippen molar-refractivity contribution < 1.29 is 4.74 Å². The summed E-state index contributed by atoms with van der Waals surface area (Å²) in [6, 6.07) is 8.72. The minimum Gasteiger partial charge on any atom is -0.379 e. The molecule has 3 heteroatoms. The van der Waals surface area contributed by atoms with Crippen LogP contribution in [0.3, 0.4) is 0 Å². The molecule has 1 saturated heterocycles. The first kappa shape index (κ1) is 11.8. The Kier molecular flexibility index (Phi) is 3.35. The summed E-state index contributed by atoms with van der Waals surface area (Å²) in [5, 5.41) is 1.34. The van der Waals surface area contributed by atoms with E-state index in [4.69, 9.17) is 4.74 Å². The van der Waals surface area contributed by atoms with Gasteiger partial charge in [-0.25, -0.2) is 0 Å². The molecule has 0 spiro atoms. The Morgan fingerprint density at radius 2 is 1.94 bits per heavy atom. The van der Waals surface area contributed by atoms with E-state index in [1.165, 1.54) is 16.5 Å². The highest BCUT2D eigenvalue weighted by atomic mass is 16.5. The van der Waals surface area contributed by atoms with Crippen molar-refractivity contribution in [3.63, 3.8) is 0 Å². The number of hydrogen-bond acceptors (Lipinski definition) is 2. The van der Waals surface area contributed by atoms with Crippen LogP contribution in [0.4, 0.5) is 0 Å².